The molecule has 2 aromatic carbocycles. The number of ether oxygens (including phenoxy) is 1. The Morgan fingerprint density at radius 3 is 2.37 bits per heavy atom. The largest absolute Gasteiger partial charge is 0.484 e. The van der Waals surface area contributed by atoms with Crippen LogP contribution in [0.25, 0.3) is 10.9 Å². The van der Waals surface area contributed by atoms with Crippen molar-refractivity contribution in [3.8, 4) is 5.75 Å². The van der Waals surface area contributed by atoms with E-state index in [2.05, 4.69) is 14.6 Å². The Hall–Kier alpha value is -3.00. The number of aromatic amines is 1. The molecule has 2 heterocycles. The van der Waals surface area contributed by atoms with Crippen molar-refractivity contribution in [2.45, 2.75) is 6.42 Å². The molecule has 4 rings (SSSR count). The molecule has 11 nitrogen and oxygen atoms in total. The van der Waals surface area contributed by atoms with Crippen LogP contribution in [0.1, 0.15) is 5.56 Å². The molecule has 4 N–H and O–H groups in total. The van der Waals surface area contributed by atoms with Crippen LogP contribution in [0.5, 0.6) is 5.75 Å². The summed E-state index contributed by atoms with van der Waals surface area (Å²) in [5.74, 6) is 0.538. The van der Waals surface area contributed by atoms with Gasteiger partial charge in [-0.25, -0.2) is 16.8 Å². The minimum Gasteiger partial charge on any atom is -0.484 e. The molecule has 38 heavy (non-hydrogen) atoms. The van der Waals surface area contributed by atoms with Crippen LogP contribution in [0.4, 0.5) is 11.4 Å². The van der Waals surface area contributed by atoms with Gasteiger partial charge < -0.3 is 25.3 Å². The molecule has 208 valence electrons. The van der Waals surface area contributed by atoms with E-state index >= 15 is 0 Å². The molecule has 1 aromatic heterocycles. The van der Waals surface area contributed by atoms with Gasteiger partial charge in [0.15, 0.2) is 21.5 Å². The Morgan fingerprint density at radius 1 is 1.05 bits per heavy atom. The van der Waals surface area contributed by atoms with Crippen LogP contribution in [0.2, 0.25) is 0 Å². The molecule has 0 unspecified atom stereocenters. The number of hydrogen-bond acceptors (Lipinski definition) is 8. The van der Waals surface area contributed by atoms with E-state index in [0.717, 1.165) is 34.8 Å². The highest BCUT2D eigenvalue weighted by Crippen LogP contribution is 2.24. The zero-order valence-electron chi connectivity index (χ0n) is 20.9. The first-order chi connectivity index (χ1) is 17.5. The predicted molar refractivity (Wildman–Crippen MR) is 151 cm³/mol. The number of carbonyl (C=O) groups excluding carboxylic acids is 1. The summed E-state index contributed by atoms with van der Waals surface area (Å²) in [6.07, 6.45) is 3.57. The van der Waals surface area contributed by atoms with E-state index < -0.39 is 24.9 Å². The summed E-state index contributed by atoms with van der Waals surface area (Å²) in [5.41, 5.74) is 8.96. The minimum absolute atomic E-state index is 0. The number of fused-ring (bicyclic) bond motifs is 1. The number of sulfonamides is 1. The van der Waals surface area contributed by atoms with Crippen LogP contribution in [-0.4, -0.2) is 83.3 Å². The lowest BCUT2D eigenvalue weighted by molar-refractivity contribution is -0.133. The van der Waals surface area contributed by atoms with Crippen molar-refractivity contribution in [3.63, 3.8) is 0 Å². The van der Waals surface area contributed by atoms with Gasteiger partial charge in [0, 0.05) is 60.9 Å². The fraction of sp³-hybridized carbons (Fsp3) is 0.375. The Balaban J connectivity index is 0.00000400. The molecule has 0 bridgehead atoms. The number of nitrogens with one attached hydrogen (secondary N) is 2. The van der Waals surface area contributed by atoms with E-state index in [9.17, 15) is 21.6 Å². The molecule has 0 atom stereocenters. The number of halogens is 1. The molecule has 1 saturated heterocycles. The summed E-state index contributed by atoms with van der Waals surface area (Å²) in [5, 5.41) is 0.0653. The Morgan fingerprint density at radius 2 is 1.74 bits per heavy atom. The molecule has 0 saturated carbocycles. The summed E-state index contributed by atoms with van der Waals surface area (Å²) >= 11 is 0. The maximum Gasteiger partial charge on any atom is 0.260 e. The summed E-state index contributed by atoms with van der Waals surface area (Å²) in [4.78, 5) is 19.8. The molecule has 3 aromatic rings. The zero-order chi connectivity index (χ0) is 26.6. The van der Waals surface area contributed by atoms with E-state index in [1.54, 1.807) is 29.2 Å². The van der Waals surface area contributed by atoms with Gasteiger partial charge >= 0.3 is 0 Å². The van der Waals surface area contributed by atoms with Crippen molar-refractivity contribution >= 4 is 60.5 Å². The monoisotopic (exact) mass is 585 g/mol. The van der Waals surface area contributed by atoms with Gasteiger partial charge in [-0.2, -0.15) is 0 Å². The molecule has 0 aliphatic carbocycles. The maximum atomic E-state index is 12.7. The van der Waals surface area contributed by atoms with Gasteiger partial charge in [-0.1, -0.05) is 0 Å². The topological polar surface area (TPSA) is 155 Å². The summed E-state index contributed by atoms with van der Waals surface area (Å²) in [7, 11) is -7.67. The number of piperazine rings is 1. The third kappa shape index (κ3) is 7.76. The molecule has 1 amide bonds. The van der Waals surface area contributed by atoms with Gasteiger partial charge in [-0.05, 0) is 61.0 Å². The van der Waals surface area contributed by atoms with E-state index in [-0.39, 0.29) is 30.6 Å². The van der Waals surface area contributed by atoms with Crippen molar-refractivity contribution in [3.05, 3.63) is 54.2 Å². The summed E-state index contributed by atoms with van der Waals surface area (Å²) < 4.78 is 54.6. The van der Waals surface area contributed by atoms with Crippen molar-refractivity contribution in [1.82, 2.24) is 9.88 Å². The lowest BCUT2D eigenvalue weighted by Gasteiger charge is -2.36. The number of amides is 1. The molecule has 1 fully saturated rings. The number of carbonyl (C=O) groups is 1. The number of sulfone groups is 1. The number of nitrogens with two attached hydrogens (primary N) is 1. The number of anilines is 2. The maximum absolute atomic E-state index is 12.7. The standard InChI is InChI=1S/C24H31N5O6S2.ClH/c1-36(31,32)17-37(33,34)27-19-2-4-20(5-3-19)28-10-12-29(13-11-28)24(30)16-35-21-6-7-23-22(14-21)18(8-9-25)15-26-23;/h2-7,14-15,26-27H,8-13,16-17,25H2,1H3;1H. The summed E-state index contributed by atoms with van der Waals surface area (Å²) in [6.45, 7) is 2.79. The van der Waals surface area contributed by atoms with Crippen LogP contribution in [0, 0.1) is 0 Å². The Kier molecular flexibility index (Phi) is 9.52. The lowest BCUT2D eigenvalue weighted by atomic mass is 10.1. The van der Waals surface area contributed by atoms with Crippen LogP contribution in [0.3, 0.4) is 0 Å². The normalized spacial score (nSPS) is 14.3. The van der Waals surface area contributed by atoms with Gasteiger partial charge in [0.05, 0.1) is 0 Å². The first kappa shape index (κ1) is 29.6. The first-order valence-corrected chi connectivity index (χ1v) is 15.5. The van der Waals surface area contributed by atoms with Crippen LogP contribution in [0.15, 0.2) is 48.7 Å². The van der Waals surface area contributed by atoms with Crippen molar-refractivity contribution in [2.24, 2.45) is 5.73 Å². The Bertz CT molecular complexity index is 1470. The number of H-pyrrole nitrogens is 1. The fourth-order valence-corrected chi connectivity index (χ4v) is 7.28. The van der Waals surface area contributed by atoms with Gasteiger partial charge in [-0.15, -0.1) is 12.4 Å². The van der Waals surface area contributed by atoms with E-state index in [0.29, 0.717) is 38.5 Å². The van der Waals surface area contributed by atoms with Gasteiger partial charge in [0.1, 0.15) is 5.75 Å². The second-order valence-corrected chi connectivity index (χ2v) is 13.3. The molecule has 14 heteroatoms. The van der Waals surface area contributed by atoms with E-state index in [1.165, 1.54) is 0 Å². The second kappa shape index (κ2) is 12.2. The quantitative estimate of drug-likeness (QED) is 0.324. The molecular formula is C24H32ClN5O6S2. The van der Waals surface area contributed by atoms with Crippen LogP contribution >= 0.6 is 12.4 Å². The number of nitrogens with zero attached hydrogens (tertiary/aromatic N) is 2. The molecular weight excluding hydrogens is 554 g/mol. The minimum atomic E-state index is -4.00. The third-order valence-corrected chi connectivity index (χ3v) is 9.52. The van der Waals surface area contributed by atoms with Crippen molar-refractivity contribution in [1.29, 1.82) is 0 Å². The SMILES string of the molecule is CS(=O)(=O)CS(=O)(=O)Nc1ccc(N2CCN(C(=O)COc3ccc4[nH]cc(CCN)c4c3)CC2)cc1.Cl. The van der Waals surface area contributed by atoms with Gasteiger partial charge in [0.2, 0.25) is 10.0 Å². The smallest absolute Gasteiger partial charge is 0.260 e. The highest BCUT2D eigenvalue weighted by molar-refractivity contribution is 8.08. The highest BCUT2D eigenvalue weighted by Gasteiger charge is 2.22. The number of hydrogen-bond donors (Lipinski definition) is 3. The number of aromatic nitrogens is 1. The summed E-state index contributed by atoms with van der Waals surface area (Å²) in [6, 6.07) is 12.4. The van der Waals surface area contributed by atoms with E-state index in [1.807, 2.05) is 24.4 Å². The third-order valence-electron chi connectivity index (χ3n) is 6.02. The second-order valence-electron chi connectivity index (χ2n) is 9.02. The fourth-order valence-electron chi connectivity index (χ4n) is 4.29. The van der Waals surface area contributed by atoms with Crippen molar-refractivity contribution in [2.75, 3.05) is 60.3 Å². The number of benzene rings is 2. The number of rotatable bonds is 10. The van der Waals surface area contributed by atoms with Crippen molar-refractivity contribution < 1.29 is 26.4 Å². The zero-order valence-corrected chi connectivity index (χ0v) is 23.4. The average Bonchev–Trinajstić information content (AvgIpc) is 3.23. The molecule has 1 aliphatic heterocycles. The van der Waals surface area contributed by atoms with E-state index in [4.69, 9.17) is 10.5 Å². The average molecular weight is 586 g/mol. The first-order valence-electron chi connectivity index (χ1n) is 11.8. The highest BCUT2D eigenvalue weighted by atomic mass is 35.5. The molecule has 1 aliphatic rings. The van der Waals surface area contributed by atoms with Gasteiger partial charge in [0.25, 0.3) is 5.91 Å². The van der Waals surface area contributed by atoms with Crippen LogP contribution < -0.4 is 20.1 Å². The molecule has 0 spiro atoms. The lowest BCUT2D eigenvalue weighted by Crippen LogP contribution is -2.50. The van der Waals surface area contributed by atoms with Crippen LogP contribution in [-0.2, 0) is 31.1 Å². The predicted octanol–water partition coefficient (Wildman–Crippen LogP) is 1.56. The molecule has 0 radical (unpaired) electrons. The Labute approximate surface area is 228 Å². The van der Waals surface area contributed by atoms with Gasteiger partial charge in [-0.3, -0.25) is 9.52 Å².